The normalized spacial score (nSPS) is 35.1. The van der Waals surface area contributed by atoms with Crippen LogP contribution < -0.4 is 11.1 Å². The Bertz CT molecular complexity index is 250. The van der Waals surface area contributed by atoms with E-state index in [0.29, 0.717) is 17.8 Å². The van der Waals surface area contributed by atoms with Crippen LogP contribution in [-0.2, 0) is 4.79 Å². The summed E-state index contributed by atoms with van der Waals surface area (Å²) < 4.78 is 0. The van der Waals surface area contributed by atoms with Crippen LogP contribution in [0.5, 0.6) is 0 Å². The molecule has 2 atom stereocenters. The zero-order chi connectivity index (χ0) is 11.7. The molecular weight excluding hydrogens is 188 g/mol. The number of hydrogen-bond acceptors (Lipinski definition) is 2. The molecule has 1 amide bonds. The van der Waals surface area contributed by atoms with E-state index in [1.807, 2.05) is 7.05 Å². The third-order valence-corrected chi connectivity index (χ3v) is 3.50. The first kappa shape index (κ1) is 12.5. The lowest BCUT2D eigenvalue weighted by molar-refractivity contribution is -0.120. The van der Waals surface area contributed by atoms with Gasteiger partial charge in [0.05, 0.1) is 0 Å². The van der Waals surface area contributed by atoms with Crippen molar-refractivity contribution < 1.29 is 4.79 Å². The van der Waals surface area contributed by atoms with Crippen molar-refractivity contribution in [3.05, 3.63) is 0 Å². The topological polar surface area (TPSA) is 55.1 Å². The summed E-state index contributed by atoms with van der Waals surface area (Å²) in [4.78, 5) is 11.1. The Kier molecular flexibility index (Phi) is 3.44. The van der Waals surface area contributed by atoms with Gasteiger partial charge >= 0.3 is 0 Å². The molecule has 0 spiro atoms. The van der Waals surface area contributed by atoms with Gasteiger partial charge in [0.15, 0.2) is 0 Å². The Hall–Kier alpha value is -0.570. The summed E-state index contributed by atoms with van der Waals surface area (Å²) in [6.07, 6.45) is 3.77. The van der Waals surface area contributed by atoms with E-state index in [0.717, 1.165) is 12.8 Å². The molecule has 0 bridgehead atoms. The highest BCUT2D eigenvalue weighted by atomic mass is 16.1. The van der Waals surface area contributed by atoms with Gasteiger partial charge in [-0.2, -0.15) is 0 Å². The first-order chi connectivity index (χ1) is 6.79. The highest BCUT2D eigenvalue weighted by Gasteiger charge is 2.42. The van der Waals surface area contributed by atoms with Crippen LogP contribution in [0.3, 0.4) is 0 Å². The molecule has 0 aliphatic heterocycles. The van der Waals surface area contributed by atoms with Crippen molar-refractivity contribution in [2.24, 2.45) is 17.1 Å². The second kappa shape index (κ2) is 4.12. The maximum Gasteiger partial charge on any atom is 0.219 e. The van der Waals surface area contributed by atoms with E-state index in [9.17, 15) is 4.79 Å². The van der Waals surface area contributed by atoms with Crippen LogP contribution in [0, 0.1) is 11.3 Å². The van der Waals surface area contributed by atoms with Crippen molar-refractivity contribution in [3.63, 3.8) is 0 Å². The number of amides is 1. The van der Waals surface area contributed by atoms with Crippen LogP contribution >= 0.6 is 0 Å². The quantitative estimate of drug-likeness (QED) is 0.747. The van der Waals surface area contributed by atoms with Gasteiger partial charge in [0.2, 0.25) is 5.91 Å². The molecule has 0 saturated heterocycles. The average Bonchev–Trinajstić information content (AvgIpc) is 1.98. The number of primary amides is 1. The monoisotopic (exact) mass is 212 g/mol. The van der Waals surface area contributed by atoms with Crippen molar-refractivity contribution in [1.82, 2.24) is 5.32 Å². The Morgan fingerprint density at radius 3 is 2.47 bits per heavy atom. The molecule has 88 valence electrons. The molecule has 0 aromatic carbocycles. The number of nitrogens with one attached hydrogen (secondary N) is 1. The summed E-state index contributed by atoms with van der Waals surface area (Å²) in [5, 5.41) is 3.33. The minimum atomic E-state index is -0.200. The van der Waals surface area contributed by atoms with Gasteiger partial charge in [-0.15, -0.1) is 0 Å². The summed E-state index contributed by atoms with van der Waals surface area (Å²) in [6.45, 7) is 6.81. The Labute approximate surface area is 92.8 Å². The molecule has 15 heavy (non-hydrogen) atoms. The minimum absolute atomic E-state index is 0.0764. The second-order valence-electron chi connectivity index (χ2n) is 6.03. The van der Waals surface area contributed by atoms with Crippen LogP contribution in [0.2, 0.25) is 0 Å². The fourth-order valence-corrected chi connectivity index (χ4v) is 3.49. The highest BCUT2D eigenvalue weighted by molar-refractivity contribution is 5.75. The molecule has 1 saturated carbocycles. The first-order valence-corrected chi connectivity index (χ1v) is 5.76. The van der Waals surface area contributed by atoms with Crippen LogP contribution in [0.4, 0.5) is 0 Å². The number of carbonyl (C=O) groups is 1. The van der Waals surface area contributed by atoms with Gasteiger partial charge in [0.1, 0.15) is 0 Å². The predicted molar refractivity (Wildman–Crippen MR) is 62.4 cm³/mol. The molecule has 0 aromatic rings. The van der Waals surface area contributed by atoms with Crippen LogP contribution in [0.15, 0.2) is 0 Å². The maximum absolute atomic E-state index is 11.1. The van der Waals surface area contributed by atoms with Crippen molar-refractivity contribution in [2.45, 2.75) is 52.0 Å². The molecule has 1 rings (SSSR count). The van der Waals surface area contributed by atoms with Crippen molar-refractivity contribution in [1.29, 1.82) is 0 Å². The molecule has 0 radical (unpaired) electrons. The van der Waals surface area contributed by atoms with Crippen molar-refractivity contribution in [2.75, 3.05) is 7.05 Å². The Balaban J connectivity index is 2.83. The lowest BCUT2D eigenvalue weighted by Gasteiger charge is -2.47. The average molecular weight is 212 g/mol. The first-order valence-electron chi connectivity index (χ1n) is 5.76. The van der Waals surface area contributed by atoms with Crippen molar-refractivity contribution >= 4 is 5.91 Å². The van der Waals surface area contributed by atoms with Gasteiger partial charge in [0.25, 0.3) is 0 Å². The molecule has 3 nitrogen and oxygen atoms in total. The zero-order valence-electron chi connectivity index (χ0n) is 10.4. The van der Waals surface area contributed by atoms with Gasteiger partial charge in [0, 0.05) is 12.0 Å². The van der Waals surface area contributed by atoms with E-state index in [-0.39, 0.29) is 11.4 Å². The molecule has 0 aromatic heterocycles. The summed E-state index contributed by atoms with van der Waals surface area (Å²) in [5.41, 5.74) is 5.56. The van der Waals surface area contributed by atoms with Crippen LogP contribution in [0.1, 0.15) is 46.5 Å². The van der Waals surface area contributed by atoms with Crippen LogP contribution in [-0.4, -0.2) is 18.5 Å². The number of nitrogens with two attached hydrogens (primary N) is 1. The fraction of sp³-hybridized carbons (Fsp3) is 0.917. The van der Waals surface area contributed by atoms with Gasteiger partial charge in [-0.25, -0.2) is 0 Å². The zero-order valence-corrected chi connectivity index (χ0v) is 10.4. The van der Waals surface area contributed by atoms with E-state index in [1.165, 1.54) is 6.42 Å². The smallest absolute Gasteiger partial charge is 0.219 e. The SMILES string of the molecule is CNC1(CC(N)=O)CC(C)CC(C)(C)C1. The lowest BCUT2D eigenvalue weighted by Crippen LogP contribution is -2.53. The maximum atomic E-state index is 11.1. The second-order valence-corrected chi connectivity index (χ2v) is 6.03. The standard InChI is InChI=1S/C12H24N2O/c1-9-5-11(2,3)8-12(6-9,14-4)7-10(13)15/h9,14H,5-8H2,1-4H3,(H2,13,15). The molecule has 3 heteroatoms. The fourth-order valence-electron chi connectivity index (χ4n) is 3.49. The molecule has 1 aliphatic rings. The third-order valence-electron chi connectivity index (χ3n) is 3.50. The summed E-state index contributed by atoms with van der Waals surface area (Å²) in [5.74, 6) is 0.454. The number of rotatable bonds is 3. The third kappa shape index (κ3) is 3.20. The number of hydrogen-bond donors (Lipinski definition) is 2. The lowest BCUT2D eigenvalue weighted by atomic mass is 9.63. The van der Waals surface area contributed by atoms with Gasteiger partial charge in [-0.1, -0.05) is 20.8 Å². The minimum Gasteiger partial charge on any atom is -0.370 e. The van der Waals surface area contributed by atoms with Gasteiger partial charge < -0.3 is 11.1 Å². The van der Waals surface area contributed by atoms with E-state index in [2.05, 4.69) is 26.1 Å². The largest absolute Gasteiger partial charge is 0.370 e. The summed E-state index contributed by atoms with van der Waals surface area (Å²) >= 11 is 0. The molecule has 0 heterocycles. The van der Waals surface area contributed by atoms with E-state index >= 15 is 0 Å². The van der Waals surface area contributed by atoms with Crippen molar-refractivity contribution in [3.8, 4) is 0 Å². The van der Waals surface area contributed by atoms with Crippen LogP contribution in [0.25, 0.3) is 0 Å². The van der Waals surface area contributed by atoms with Gasteiger partial charge in [-0.05, 0) is 37.6 Å². The molecule has 1 fully saturated rings. The highest BCUT2D eigenvalue weighted by Crippen LogP contribution is 2.44. The molecule has 2 unspecified atom stereocenters. The van der Waals surface area contributed by atoms with Gasteiger partial charge in [-0.3, -0.25) is 4.79 Å². The van der Waals surface area contributed by atoms with E-state index in [4.69, 9.17) is 5.73 Å². The molecule has 3 N–H and O–H groups in total. The molecular formula is C12H24N2O. The summed E-state index contributed by atoms with van der Waals surface area (Å²) in [7, 11) is 1.94. The number of carbonyl (C=O) groups excluding carboxylic acids is 1. The molecule has 1 aliphatic carbocycles. The van der Waals surface area contributed by atoms with E-state index in [1.54, 1.807) is 0 Å². The summed E-state index contributed by atoms with van der Waals surface area (Å²) in [6, 6.07) is 0. The van der Waals surface area contributed by atoms with E-state index < -0.39 is 0 Å². The predicted octanol–water partition coefficient (Wildman–Crippen LogP) is 1.67. The Morgan fingerprint density at radius 2 is 2.07 bits per heavy atom. The Morgan fingerprint density at radius 1 is 1.47 bits per heavy atom.